The van der Waals surface area contributed by atoms with Crippen LogP contribution in [0.2, 0.25) is 0 Å². The molecular weight excluding hydrogens is 394 g/mol. The van der Waals surface area contributed by atoms with Gasteiger partial charge in [-0.1, -0.05) is 46.0 Å². The molecule has 7 nitrogen and oxygen atoms in total. The third-order valence-electron chi connectivity index (χ3n) is 5.21. The number of unbranched alkanes of at least 4 members (excludes halogenated alkanes) is 5. The quantitative estimate of drug-likeness (QED) is 0.359. The predicted octanol–water partition coefficient (Wildman–Crippen LogP) is 5.16. The van der Waals surface area contributed by atoms with Crippen molar-refractivity contribution in [2.45, 2.75) is 71.3 Å². The number of aromatic amines is 1. The molecule has 0 bridgehead atoms. The number of H-pyrrole nitrogens is 1. The second-order valence-corrected chi connectivity index (χ2v) is 8.04. The first-order valence-corrected chi connectivity index (χ1v) is 11.4. The lowest BCUT2D eigenvalue weighted by Gasteiger charge is -2.26. The van der Waals surface area contributed by atoms with Crippen molar-refractivity contribution in [2.75, 3.05) is 19.8 Å². The predicted molar refractivity (Wildman–Crippen MR) is 122 cm³/mol. The van der Waals surface area contributed by atoms with Crippen LogP contribution in [-0.2, 0) is 10.3 Å². The molecule has 2 aromatic rings. The lowest BCUT2D eigenvalue weighted by atomic mass is 10.0. The molecular formula is C24H37N3O4. The van der Waals surface area contributed by atoms with Crippen molar-refractivity contribution in [3.05, 3.63) is 36.3 Å². The van der Waals surface area contributed by atoms with Crippen LogP contribution in [0.25, 0.3) is 11.3 Å². The van der Waals surface area contributed by atoms with Gasteiger partial charge in [0.05, 0.1) is 31.7 Å². The minimum absolute atomic E-state index is 0.312. The van der Waals surface area contributed by atoms with Crippen LogP contribution in [0.4, 0.5) is 4.79 Å². The van der Waals surface area contributed by atoms with Gasteiger partial charge in [-0.2, -0.15) is 0 Å². The fourth-order valence-corrected chi connectivity index (χ4v) is 3.12. The maximum atomic E-state index is 12.0. The Balaban J connectivity index is 1.93. The second kappa shape index (κ2) is 13.0. The summed E-state index contributed by atoms with van der Waals surface area (Å²) in [7, 11) is 0. The maximum absolute atomic E-state index is 12.0. The van der Waals surface area contributed by atoms with Gasteiger partial charge in [-0.15, -0.1) is 0 Å². The summed E-state index contributed by atoms with van der Waals surface area (Å²) in [6.07, 6.45) is 8.92. The van der Waals surface area contributed by atoms with Gasteiger partial charge in [-0.05, 0) is 49.6 Å². The molecule has 0 spiro atoms. The Hall–Kier alpha value is -2.54. The normalized spacial score (nSPS) is 12.9. The molecule has 172 valence electrons. The van der Waals surface area contributed by atoms with Crippen LogP contribution in [0.3, 0.4) is 0 Å². The third kappa shape index (κ3) is 7.90. The van der Waals surface area contributed by atoms with E-state index in [9.17, 15) is 9.90 Å². The summed E-state index contributed by atoms with van der Waals surface area (Å²) in [4.78, 5) is 19.6. The number of imidazole rings is 1. The Morgan fingerprint density at radius 3 is 2.45 bits per heavy atom. The number of hydrogen-bond acceptors (Lipinski definition) is 5. The van der Waals surface area contributed by atoms with Crippen molar-refractivity contribution in [3.8, 4) is 17.0 Å². The van der Waals surface area contributed by atoms with E-state index in [0.717, 1.165) is 42.9 Å². The van der Waals surface area contributed by atoms with Crippen LogP contribution >= 0.6 is 0 Å². The zero-order valence-electron chi connectivity index (χ0n) is 19.1. The van der Waals surface area contributed by atoms with Crippen LogP contribution in [0, 0.1) is 0 Å². The van der Waals surface area contributed by atoms with E-state index in [1.165, 1.54) is 25.7 Å². The minimum atomic E-state index is -1.07. The number of benzene rings is 1. The van der Waals surface area contributed by atoms with E-state index < -0.39 is 11.6 Å². The smallest absolute Gasteiger partial charge is 0.408 e. The summed E-state index contributed by atoms with van der Waals surface area (Å²) in [5, 5.41) is 12.6. The molecule has 0 unspecified atom stereocenters. The zero-order valence-corrected chi connectivity index (χ0v) is 19.1. The van der Waals surface area contributed by atoms with Gasteiger partial charge in [-0.25, -0.2) is 9.78 Å². The van der Waals surface area contributed by atoms with Gasteiger partial charge >= 0.3 is 6.09 Å². The number of ether oxygens (including phenoxy) is 2. The standard InChI is InChI=1S/C24H37N3O4/c1-4-6-8-9-10-16-30-20-13-11-19(12-14-20)21-17-25-22(26-21)24(3,18-28)27-23(29)31-15-7-5-2/h11-14,17,28H,4-10,15-16,18H2,1-3H3,(H,25,26)(H,27,29)/t24-/m0/s1. The minimum Gasteiger partial charge on any atom is -0.494 e. The van der Waals surface area contributed by atoms with E-state index in [-0.39, 0.29) is 6.61 Å². The highest BCUT2D eigenvalue weighted by Crippen LogP contribution is 2.24. The number of nitrogens with one attached hydrogen (secondary N) is 2. The Morgan fingerprint density at radius 1 is 1.06 bits per heavy atom. The van der Waals surface area contributed by atoms with Gasteiger partial charge in [0, 0.05) is 0 Å². The average molecular weight is 432 g/mol. The monoisotopic (exact) mass is 431 g/mol. The zero-order chi connectivity index (χ0) is 22.5. The summed E-state index contributed by atoms with van der Waals surface area (Å²) in [6, 6.07) is 7.81. The summed E-state index contributed by atoms with van der Waals surface area (Å²) in [5.41, 5.74) is 0.671. The van der Waals surface area contributed by atoms with E-state index in [2.05, 4.69) is 22.2 Å². The molecule has 31 heavy (non-hydrogen) atoms. The fourth-order valence-electron chi connectivity index (χ4n) is 3.12. The second-order valence-electron chi connectivity index (χ2n) is 8.04. The van der Waals surface area contributed by atoms with Crippen LogP contribution in [0.1, 0.15) is 71.5 Å². The van der Waals surface area contributed by atoms with Crippen molar-refractivity contribution in [1.29, 1.82) is 0 Å². The molecule has 1 aromatic carbocycles. The van der Waals surface area contributed by atoms with Crippen LogP contribution in [0.15, 0.2) is 30.5 Å². The lowest BCUT2D eigenvalue weighted by molar-refractivity contribution is 0.112. The van der Waals surface area contributed by atoms with Crippen molar-refractivity contribution in [2.24, 2.45) is 0 Å². The lowest BCUT2D eigenvalue weighted by Crippen LogP contribution is -2.47. The molecule has 2 rings (SSSR count). The van der Waals surface area contributed by atoms with Crippen molar-refractivity contribution in [3.63, 3.8) is 0 Å². The molecule has 1 aromatic heterocycles. The van der Waals surface area contributed by atoms with Gasteiger partial charge < -0.3 is 24.9 Å². The fraction of sp³-hybridized carbons (Fsp3) is 0.583. The highest BCUT2D eigenvalue weighted by molar-refractivity contribution is 5.68. The number of rotatable bonds is 14. The van der Waals surface area contributed by atoms with Crippen LogP contribution in [-0.4, -0.2) is 41.0 Å². The summed E-state index contributed by atoms with van der Waals surface area (Å²) in [5.74, 6) is 1.31. The van der Waals surface area contributed by atoms with E-state index in [4.69, 9.17) is 9.47 Å². The van der Waals surface area contributed by atoms with Crippen molar-refractivity contribution >= 4 is 6.09 Å². The Labute approximate surface area is 185 Å². The van der Waals surface area contributed by atoms with Crippen molar-refractivity contribution < 1.29 is 19.4 Å². The van der Waals surface area contributed by atoms with E-state index in [0.29, 0.717) is 12.4 Å². The molecule has 0 aliphatic rings. The number of hydrogen-bond donors (Lipinski definition) is 3. The molecule has 0 radical (unpaired) electrons. The van der Waals surface area contributed by atoms with Crippen LogP contribution < -0.4 is 10.1 Å². The SMILES string of the molecule is CCCCCCCOc1ccc(-c2cnc([C@](C)(CO)NC(=O)OCCCC)[nH]2)cc1. The molecule has 0 aliphatic heterocycles. The van der Waals surface area contributed by atoms with Gasteiger partial charge in [0.2, 0.25) is 0 Å². The number of aliphatic hydroxyl groups is 1. The molecule has 0 saturated heterocycles. The largest absolute Gasteiger partial charge is 0.494 e. The topological polar surface area (TPSA) is 96.5 Å². The van der Waals surface area contributed by atoms with Gasteiger partial charge in [0.25, 0.3) is 0 Å². The Kier molecular flexibility index (Phi) is 10.4. The van der Waals surface area contributed by atoms with E-state index in [1.807, 2.05) is 31.2 Å². The highest BCUT2D eigenvalue weighted by Gasteiger charge is 2.32. The molecule has 1 atom stereocenters. The Morgan fingerprint density at radius 2 is 1.77 bits per heavy atom. The number of carbonyl (C=O) groups is 1. The summed E-state index contributed by atoms with van der Waals surface area (Å²) in [6.45, 7) is 6.70. The number of amides is 1. The molecule has 0 aliphatic carbocycles. The number of aliphatic hydroxyl groups excluding tert-OH is 1. The van der Waals surface area contributed by atoms with Gasteiger partial charge in [-0.3, -0.25) is 0 Å². The maximum Gasteiger partial charge on any atom is 0.408 e. The first-order chi connectivity index (χ1) is 15.0. The van der Waals surface area contributed by atoms with Crippen LogP contribution in [0.5, 0.6) is 5.75 Å². The number of nitrogens with zero attached hydrogens (tertiary/aromatic N) is 1. The number of carbonyl (C=O) groups excluding carboxylic acids is 1. The third-order valence-corrected chi connectivity index (χ3v) is 5.21. The molecule has 1 amide bonds. The number of aromatic nitrogens is 2. The molecule has 3 N–H and O–H groups in total. The molecule has 0 saturated carbocycles. The van der Waals surface area contributed by atoms with E-state index >= 15 is 0 Å². The molecule has 0 fully saturated rings. The van der Waals surface area contributed by atoms with Gasteiger partial charge in [0.1, 0.15) is 17.1 Å². The first-order valence-electron chi connectivity index (χ1n) is 11.4. The first kappa shape index (κ1) is 24.7. The number of alkyl carbamates (subject to hydrolysis) is 1. The van der Waals surface area contributed by atoms with Gasteiger partial charge in [0.15, 0.2) is 0 Å². The summed E-state index contributed by atoms with van der Waals surface area (Å²) < 4.78 is 11.0. The van der Waals surface area contributed by atoms with E-state index in [1.54, 1.807) is 13.1 Å². The average Bonchev–Trinajstić information content (AvgIpc) is 3.28. The van der Waals surface area contributed by atoms with Crippen molar-refractivity contribution in [1.82, 2.24) is 15.3 Å². The molecule has 7 heteroatoms. The summed E-state index contributed by atoms with van der Waals surface area (Å²) >= 11 is 0. The Bertz CT molecular complexity index is 775. The molecule has 1 heterocycles. The highest BCUT2D eigenvalue weighted by atomic mass is 16.5.